The molecule has 1 N–H and O–H groups in total. The van der Waals surface area contributed by atoms with Gasteiger partial charge in [-0.15, -0.1) is 0 Å². The van der Waals surface area contributed by atoms with Gasteiger partial charge in [0.15, 0.2) is 0 Å². The van der Waals surface area contributed by atoms with Crippen molar-refractivity contribution in [1.29, 1.82) is 0 Å². The molecule has 2 aromatic rings. The standard InChI is InChI=1S/C22H26F3N3O3/c23-22(24,25)16-6-3-7-18(12-16)30-10-8-17-13-19(27-26-17)20-14-28(9-11-31-20)21(29)15-4-1-2-5-15/h3,6-7,12-13,15,20H,1-2,4-5,8-11,14H2,(H,26,27)/t20-/m0/s1. The van der Waals surface area contributed by atoms with Gasteiger partial charge in [-0.3, -0.25) is 9.89 Å². The Balaban J connectivity index is 1.29. The average molecular weight is 437 g/mol. The highest BCUT2D eigenvalue weighted by atomic mass is 19.4. The number of halogens is 3. The molecule has 1 aliphatic heterocycles. The molecule has 168 valence electrons. The average Bonchev–Trinajstić information content (AvgIpc) is 3.45. The number of carbonyl (C=O) groups is 1. The van der Waals surface area contributed by atoms with Crippen molar-refractivity contribution in [2.24, 2.45) is 5.92 Å². The van der Waals surface area contributed by atoms with Crippen molar-refractivity contribution in [3.63, 3.8) is 0 Å². The summed E-state index contributed by atoms with van der Waals surface area (Å²) in [7, 11) is 0. The van der Waals surface area contributed by atoms with E-state index in [0.29, 0.717) is 26.1 Å². The fourth-order valence-corrected chi connectivity index (χ4v) is 4.17. The molecule has 0 unspecified atom stereocenters. The van der Waals surface area contributed by atoms with E-state index in [0.717, 1.165) is 49.2 Å². The molecule has 0 bridgehead atoms. The minimum atomic E-state index is -4.40. The van der Waals surface area contributed by atoms with Gasteiger partial charge in [0.1, 0.15) is 11.9 Å². The number of ether oxygens (including phenoxy) is 2. The summed E-state index contributed by atoms with van der Waals surface area (Å²) >= 11 is 0. The van der Waals surface area contributed by atoms with E-state index in [1.807, 2.05) is 11.0 Å². The van der Waals surface area contributed by atoms with Gasteiger partial charge in [0.2, 0.25) is 5.91 Å². The van der Waals surface area contributed by atoms with E-state index >= 15 is 0 Å². The zero-order chi connectivity index (χ0) is 21.8. The third kappa shape index (κ3) is 5.39. The lowest BCUT2D eigenvalue weighted by atomic mass is 10.1. The predicted octanol–water partition coefficient (Wildman–Crippen LogP) is 4.14. The molecule has 1 saturated heterocycles. The van der Waals surface area contributed by atoms with Crippen molar-refractivity contribution in [3.05, 3.63) is 47.3 Å². The summed E-state index contributed by atoms with van der Waals surface area (Å²) < 4.78 is 49.7. The summed E-state index contributed by atoms with van der Waals surface area (Å²) in [6, 6.07) is 6.69. The summed E-state index contributed by atoms with van der Waals surface area (Å²) in [5, 5.41) is 7.24. The van der Waals surface area contributed by atoms with Gasteiger partial charge in [0.25, 0.3) is 0 Å². The normalized spacial score (nSPS) is 20.2. The van der Waals surface area contributed by atoms with E-state index in [1.165, 1.54) is 12.1 Å². The Morgan fingerprint density at radius 1 is 1.26 bits per heavy atom. The van der Waals surface area contributed by atoms with E-state index in [-0.39, 0.29) is 30.3 Å². The number of aromatic nitrogens is 2. The quantitative estimate of drug-likeness (QED) is 0.738. The molecule has 9 heteroatoms. The topological polar surface area (TPSA) is 67.5 Å². The summed E-state index contributed by atoms with van der Waals surface area (Å²) in [6.45, 7) is 1.78. The van der Waals surface area contributed by atoms with Crippen LogP contribution in [0.15, 0.2) is 30.3 Å². The zero-order valence-electron chi connectivity index (χ0n) is 17.2. The Morgan fingerprint density at radius 3 is 2.84 bits per heavy atom. The van der Waals surface area contributed by atoms with Crippen molar-refractivity contribution in [3.8, 4) is 5.75 Å². The van der Waals surface area contributed by atoms with Crippen molar-refractivity contribution in [2.45, 2.75) is 44.4 Å². The van der Waals surface area contributed by atoms with Crippen LogP contribution in [0.2, 0.25) is 0 Å². The first-order valence-corrected chi connectivity index (χ1v) is 10.6. The largest absolute Gasteiger partial charge is 0.493 e. The Labute approximate surface area is 178 Å². The molecule has 2 aliphatic rings. The Bertz CT molecular complexity index is 893. The van der Waals surface area contributed by atoms with Crippen molar-refractivity contribution in [1.82, 2.24) is 15.1 Å². The highest BCUT2D eigenvalue weighted by Gasteiger charge is 2.32. The van der Waals surface area contributed by atoms with Crippen LogP contribution in [-0.2, 0) is 22.1 Å². The predicted molar refractivity (Wildman–Crippen MR) is 106 cm³/mol. The lowest BCUT2D eigenvalue weighted by Gasteiger charge is -2.33. The van der Waals surface area contributed by atoms with Crippen LogP contribution in [-0.4, -0.2) is 47.3 Å². The number of H-pyrrole nitrogens is 1. The first-order chi connectivity index (χ1) is 14.9. The number of hydrogen-bond donors (Lipinski definition) is 1. The Kier molecular flexibility index (Phi) is 6.50. The van der Waals surface area contributed by atoms with Crippen LogP contribution in [0.5, 0.6) is 5.75 Å². The summed E-state index contributed by atoms with van der Waals surface area (Å²) in [5.41, 5.74) is 0.780. The van der Waals surface area contributed by atoms with Gasteiger partial charge < -0.3 is 14.4 Å². The van der Waals surface area contributed by atoms with Crippen molar-refractivity contribution < 1.29 is 27.4 Å². The number of amides is 1. The van der Waals surface area contributed by atoms with Crippen molar-refractivity contribution in [2.75, 3.05) is 26.3 Å². The summed E-state index contributed by atoms with van der Waals surface area (Å²) in [6.07, 6.45) is -0.0389. The maximum absolute atomic E-state index is 12.8. The second-order valence-corrected chi connectivity index (χ2v) is 8.07. The third-order valence-corrected chi connectivity index (χ3v) is 5.86. The number of rotatable bonds is 6. The Morgan fingerprint density at radius 2 is 2.06 bits per heavy atom. The number of benzene rings is 1. The second-order valence-electron chi connectivity index (χ2n) is 8.07. The number of alkyl halides is 3. The molecule has 2 heterocycles. The smallest absolute Gasteiger partial charge is 0.416 e. The molecule has 2 fully saturated rings. The lowest BCUT2D eigenvalue weighted by molar-refractivity contribution is -0.143. The number of aromatic amines is 1. The van der Waals surface area contributed by atoms with Gasteiger partial charge in [0.05, 0.1) is 31.0 Å². The molecule has 0 spiro atoms. The highest BCUT2D eigenvalue weighted by Crippen LogP contribution is 2.31. The van der Waals surface area contributed by atoms with Crippen LogP contribution in [0.1, 0.15) is 48.7 Å². The van der Waals surface area contributed by atoms with Crippen LogP contribution >= 0.6 is 0 Å². The van der Waals surface area contributed by atoms with Crippen LogP contribution in [0, 0.1) is 5.92 Å². The second kappa shape index (κ2) is 9.30. The first kappa shape index (κ1) is 21.7. The fraction of sp³-hybridized carbons (Fsp3) is 0.545. The maximum atomic E-state index is 12.8. The van der Waals surface area contributed by atoms with Crippen LogP contribution < -0.4 is 4.74 Å². The van der Waals surface area contributed by atoms with Gasteiger partial charge >= 0.3 is 6.18 Å². The van der Waals surface area contributed by atoms with Gasteiger partial charge in [-0.25, -0.2) is 0 Å². The van der Waals surface area contributed by atoms with Crippen LogP contribution in [0.25, 0.3) is 0 Å². The van der Waals surface area contributed by atoms with Gasteiger partial charge in [-0.2, -0.15) is 18.3 Å². The molecule has 1 aromatic heterocycles. The number of nitrogens with zero attached hydrogens (tertiary/aromatic N) is 2. The molecule has 1 aromatic carbocycles. The third-order valence-electron chi connectivity index (χ3n) is 5.86. The molecule has 1 amide bonds. The molecule has 31 heavy (non-hydrogen) atoms. The minimum Gasteiger partial charge on any atom is -0.493 e. The van der Waals surface area contributed by atoms with E-state index < -0.39 is 11.7 Å². The molecule has 0 radical (unpaired) electrons. The number of hydrogen-bond acceptors (Lipinski definition) is 4. The molecular formula is C22H26F3N3O3. The lowest BCUT2D eigenvalue weighted by Crippen LogP contribution is -2.44. The summed E-state index contributed by atoms with van der Waals surface area (Å²) in [4.78, 5) is 14.6. The van der Waals surface area contributed by atoms with Crippen molar-refractivity contribution >= 4 is 5.91 Å². The monoisotopic (exact) mass is 437 g/mol. The van der Waals surface area contributed by atoms with E-state index in [2.05, 4.69) is 10.2 Å². The first-order valence-electron chi connectivity index (χ1n) is 10.6. The zero-order valence-corrected chi connectivity index (χ0v) is 17.2. The minimum absolute atomic E-state index is 0.140. The van der Waals surface area contributed by atoms with E-state index in [1.54, 1.807) is 0 Å². The van der Waals surface area contributed by atoms with E-state index in [9.17, 15) is 18.0 Å². The number of nitrogens with one attached hydrogen (secondary N) is 1. The van der Waals surface area contributed by atoms with Gasteiger partial charge in [-0.1, -0.05) is 18.9 Å². The molecule has 1 atom stereocenters. The van der Waals surface area contributed by atoms with Crippen LogP contribution in [0.4, 0.5) is 13.2 Å². The maximum Gasteiger partial charge on any atom is 0.416 e. The molecule has 4 rings (SSSR count). The highest BCUT2D eigenvalue weighted by molar-refractivity contribution is 5.79. The number of carbonyl (C=O) groups excluding carboxylic acids is 1. The van der Waals surface area contributed by atoms with Gasteiger partial charge in [0, 0.05) is 24.6 Å². The molecule has 6 nitrogen and oxygen atoms in total. The van der Waals surface area contributed by atoms with Crippen LogP contribution in [0.3, 0.4) is 0 Å². The SMILES string of the molecule is O=C(C1CCCC1)N1CCO[C@H](c2cc(CCOc3cccc(C(F)(F)F)c3)[nH]n2)C1. The molecule has 1 saturated carbocycles. The molecular weight excluding hydrogens is 411 g/mol. The Hall–Kier alpha value is -2.55. The fourth-order valence-electron chi connectivity index (χ4n) is 4.17. The summed E-state index contributed by atoms with van der Waals surface area (Å²) in [5.74, 6) is 0.531. The van der Waals surface area contributed by atoms with E-state index in [4.69, 9.17) is 9.47 Å². The molecule has 1 aliphatic carbocycles. The number of morpholine rings is 1. The van der Waals surface area contributed by atoms with Gasteiger partial charge in [-0.05, 0) is 37.1 Å².